The zero-order chi connectivity index (χ0) is 19.7. The lowest BCUT2D eigenvalue weighted by Crippen LogP contribution is -2.24. The van der Waals surface area contributed by atoms with Gasteiger partial charge in [-0.2, -0.15) is 0 Å². The van der Waals surface area contributed by atoms with E-state index in [1.54, 1.807) is 23.5 Å². The molecule has 1 aliphatic heterocycles. The molecular weight excluding hydrogens is 384 g/mol. The Balaban J connectivity index is 1.72. The molecule has 0 spiro atoms. The summed E-state index contributed by atoms with van der Waals surface area (Å²) in [4.78, 5) is 19.1. The van der Waals surface area contributed by atoms with Gasteiger partial charge in [0, 0.05) is 17.4 Å². The molecule has 0 radical (unpaired) electrons. The van der Waals surface area contributed by atoms with Crippen molar-refractivity contribution >= 4 is 23.5 Å². The Hall–Kier alpha value is -1.98. The van der Waals surface area contributed by atoms with E-state index in [0.29, 0.717) is 5.25 Å². The third-order valence-corrected chi connectivity index (χ3v) is 6.97. The largest absolute Gasteiger partial charge is 0.272 e. The summed E-state index contributed by atoms with van der Waals surface area (Å²) in [5, 5.41) is 1.21. The van der Waals surface area contributed by atoms with Gasteiger partial charge in [0.2, 0.25) is 0 Å². The Morgan fingerprint density at radius 2 is 1.86 bits per heavy atom. The molecule has 0 aliphatic carbocycles. The van der Waals surface area contributed by atoms with Gasteiger partial charge in [0.25, 0.3) is 5.56 Å². The van der Waals surface area contributed by atoms with E-state index in [-0.39, 0.29) is 5.56 Å². The smallest absolute Gasteiger partial charge is 0.268 e. The molecule has 0 fully saturated rings. The molecule has 0 N–H and O–H groups in total. The van der Waals surface area contributed by atoms with Gasteiger partial charge in [0.1, 0.15) is 0 Å². The minimum atomic E-state index is 0.0755. The molecule has 1 aromatic heterocycles. The molecule has 5 heteroatoms. The molecule has 3 nitrogen and oxygen atoms in total. The number of aromatic nitrogens is 2. The molecule has 28 heavy (non-hydrogen) atoms. The van der Waals surface area contributed by atoms with Crippen molar-refractivity contribution < 1.29 is 0 Å². The predicted molar refractivity (Wildman–Crippen MR) is 119 cm³/mol. The van der Waals surface area contributed by atoms with Crippen molar-refractivity contribution in [3.05, 3.63) is 81.3 Å². The number of fused-ring (bicyclic) bond motifs is 1. The van der Waals surface area contributed by atoms with Crippen LogP contribution < -0.4 is 5.56 Å². The van der Waals surface area contributed by atoms with E-state index in [1.807, 2.05) is 10.6 Å². The van der Waals surface area contributed by atoms with Gasteiger partial charge in [0.15, 0.2) is 5.16 Å². The van der Waals surface area contributed by atoms with Crippen LogP contribution in [0.15, 0.2) is 63.4 Å². The highest BCUT2D eigenvalue weighted by molar-refractivity contribution is 8.00. The fourth-order valence-electron chi connectivity index (χ4n) is 3.61. The maximum atomic E-state index is 13.4. The summed E-state index contributed by atoms with van der Waals surface area (Å²) in [5.74, 6) is 0.892. The molecule has 0 saturated heterocycles. The molecule has 0 bridgehead atoms. The third kappa shape index (κ3) is 4.06. The maximum Gasteiger partial charge on any atom is 0.272 e. The Kier molecular flexibility index (Phi) is 5.65. The summed E-state index contributed by atoms with van der Waals surface area (Å²) < 4.78 is 1.82. The van der Waals surface area contributed by atoms with Crippen molar-refractivity contribution in [1.29, 1.82) is 0 Å². The van der Waals surface area contributed by atoms with Crippen LogP contribution in [0.4, 0.5) is 0 Å². The normalized spacial score (nSPS) is 15.6. The van der Waals surface area contributed by atoms with Crippen molar-refractivity contribution in [2.75, 3.05) is 5.75 Å². The van der Waals surface area contributed by atoms with Gasteiger partial charge in [-0.25, -0.2) is 4.98 Å². The Morgan fingerprint density at radius 3 is 2.57 bits per heavy atom. The summed E-state index contributed by atoms with van der Waals surface area (Å²) in [6, 6.07) is 16.7. The number of rotatable bonds is 5. The number of nitrogens with zero attached hydrogens (tertiary/aromatic N) is 2. The van der Waals surface area contributed by atoms with Gasteiger partial charge >= 0.3 is 0 Å². The first-order valence-electron chi connectivity index (χ1n) is 9.59. The molecule has 0 saturated carbocycles. The van der Waals surface area contributed by atoms with Crippen LogP contribution in [0.2, 0.25) is 0 Å². The zero-order valence-electron chi connectivity index (χ0n) is 16.4. The van der Waals surface area contributed by atoms with E-state index in [4.69, 9.17) is 4.98 Å². The van der Waals surface area contributed by atoms with Gasteiger partial charge in [-0.3, -0.25) is 9.36 Å². The molecule has 1 aliphatic rings. The summed E-state index contributed by atoms with van der Waals surface area (Å²) in [5.41, 5.74) is 5.57. The Labute approximate surface area is 174 Å². The molecule has 144 valence electrons. The molecular formula is C23H24N2OS2. The average Bonchev–Trinajstić information content (AvgIpc) is 3.02. The molecule has 3 aromatic rings. The van der Waals surface area contributed by atoms with Crippen LogP contribution in [0.25, 0.3) is 5.69 Å². The second kappa shape index (κ2) is 8.18. The monoisotopic (exact) mass is 408 g/mol. The quantitative estimate of drug-likeness (QED) is 0.428. The van der Waals surface area contributed by atoms with Gasteiger partial charge in [-0.05, 0) is 49.1 Å². The second-order valence-electron chi connectivity index (χ2n) is 7.37. The van der Waals surface area contributed by atoms with E-state index in [9.17, 15) is 4.79 Å². The van der Waals surface area contributed by atoms with Gasteiger partial charge < -0.3 is 0 Å². The Morgan fingerprint density at radius 1 is 1.14 bits per heavy atom. The highest BCUT2D eigenvalue weighted by Crippen LogP contribution is 2.35. The molecule has 1 atom stereocenters. The number of thioether (sulfide) groups is 2. The zero-order valence-corrected chi connectivity index (χ0v) is 18.1. The number of hydrogen-bond donors (Lipinski definition) is 0. The van der Waals surface area contributed by atoms with Crippen molar-refractivity contribution in [2.24, 2.45) is 0 Å². The Bertz CT molecular complexity index is 1040. The highest BCUT2D eigenvalue weighted by atomic mass is 32.2. The fraction of sp³-hybridized carbons (Fsp3) is 0.304. The lowest BCUT2D eigenvalue weighted by Gasteiger charge is -2.15. The van der Waals surface area contributed by atoms with Crippen LogP contribution in [0.3, 0.4) is 0 Å². The first kappa shape index (κ1) is 19.3. The summed E-state index contributed by atoms with van der Waals surface area (Å²) >= 11 is 3.33. The minimum absolute atomic E-state index is 0.0755. The maximum absolute atomic E-state index is 13.4. The molecule has 4 rings (SSSR count). The predicted octanol–water partition coefficient (Wildman–Crippen LogP) is 5.22. The van der Waals surface area contributed by atoms with Gasteiger partial charge in [0.05, 0.1) is 16.3 Å². The van der Waals surface area contributed by atoms with Crippen molar-refractivity contribution in [3.8, 4) is 5.69 Å². The SMILES string of the molecule is Cc1cc(C)cc(-n2c(SCCc3ccccc3)nc3c(c2=O)SC(C)C3)c1. The van der Waals surface area contributed by atoms with Crippen LogP contribution in [0, 0.1) is 13.8 Å². The number of benzene rings is 2. The molecule has 2 aromatic carbocycles. The molecule has 0 amide bonds. The van der Waals surface area contributed by atoms with Crippen molar-refractivity contribution in [1.82, 2.24) is 9.55 Å². The average molecular weight is 409 g/mol. The van der Waals surface area contributed by atoms with Crippen LogP contribution in [0.1, 0.15) is 29.3 Å². The standard InChI is InChI=1S/C23H24N2OS2/c1-15-11-16(2)13-19(12-15)25-22(26)21-20(14-17(3)28-21)24-23(25)27-10-9-18-7-5-4-6-8-18/h4-8,11-13,17H,9-10,14H2,1-3H3. The van der Waals surface area contributed by atoms with Crippen LogP contribution in [-0.2, 0) is 12.8 Å². The molecule has 1 unspecified atom stereocenters. The van der Waals surface area contributed by atoms with E-state index in [1.165, 1.54) is 5.56 Å². The molecule has 2 heterocycles. The fourth-order valence-corrected chi connectivity index (χ4v) is 5.72. The van der Waals surface area contributed by atoms with Gasteiger partial charge in [-0.15, -0.1) is 11.8 Å². The van der Waals surface area contributed by atoms with E-state index in [0.717, 1.165) is 51.2 Å². The summed E-state index contributed by atoms with van der Waals surface area (Å²) in [6.45, 7) is 6.30. The minimum Gasteiger partial charge on any atom is -0.268 e. The summed E-state index contributed by atoms with van der Waals surface area (Å²) in [6.07, 6.45) is 1.83. The van der Waals surface area contributed by atoms with E-state index < -0.39 is 0 Å². The first-order chi connectivity index (χ1) is 13.5. The topological polar surface area (TPSA) is 34.9 Å². The third-order valence-electron chi connectivity index (χ3n) is 4.81. The lowest BCUT2D eigenvalue weighted by atomic mass is 10.1. The van der Waals surface area contributed by atoms with Crippen molar-refractivity contribution in [2.45, 2.75) is 48.9 Å². The first-order valence-corrected chi connectivity index (χ1v) is 11.5. The van der Waals surface area contributed by atoms with E-state index in [2.05, 4.69) is 63.2 Å². The number of aryl methyl sites for hydroxylation is 3. The van der Waals surface area contributed by atoms with Crippen molar-refractivity contribution in [3.63, 3.8) is 0 Å². The van der Waals surface area contributed by atoms with Gasteiger partial charge in [-0.1, -0.05) is 55.1 Å². The lowest BCUT2D eigenvalue weighted by molar-refractivity contribution is 0.730. The number of hydrogen-bond acceptors (Lipinski definition) is 4. The highest BCUT2D eigenvalue weighted by Gasteiger charge is 2.26. The van der Waals surface area contributed by atoms with Crippen LogP contribution >= 0.6 is 23.5 Å². The van der Waals surface area contributed by atoms with E-state index >= 15 is 0 Å². The second-order valence-corrected chi connectivity index (χ2v) is 9.88. The van der Waals surface area contributed by atoms with Crippen LogP contribution in [0.5, 0.6) is 0 Å². The van der Waals surface area contributed by atoms with Crippen LogP contribution in [-0.4, -0.2) is 20.6 Å². The summed E-state index contributed by atoms with van der Waals surface area (Å²) in [7, 11) is 0.